The zero-order chi connectivity index (χ0) is 25.1. The van der Waals surface area contributed by atoms with Crippen LogP contribution in [0.2, 0.25) is 23.2 Å². The molecule has 4 aliphatic rings. The number of rotatable bonds is 3. The fourth-order valence-electron chi connectivity index (χ4n) is 4.26. The number of hydrogen-bond acceptors (Lipinski definition) is 0. The molecule has 0 nitrogen and oxygen atoms in total. The molecule has 6 heteroatoms. The number of halogens is 4. The van der Waals surface area contributed by atoms with E-state index in [2.05, 4.69) is 88.8 Å². The van der Waals surface area contributed by atoms with Gasteiger partial charge in [-0.05, 0) is 62.8 Å². The van der Waals surface area contributed by atoms with Gasteiger partial charge in [-0.15, -0.1) is 0 Å². The van der Waals surface area contributed by atoms with E-state index in [9.17, 15) is 0 Å². The van der Waals surface area contributed by atoms with Gasteiger partial charge in [-0.3, -0.25) is 0 Å². The third-order valence-electron chi connectivity index (χ3n) is 7.07. The van der Waals surface area contributed by atoms with Gasteiger partial charge in [0, 0.05) is 0 Å². The van der Waals surface area contributed by atoms with Crippen LogP contribution in [-0.2, 0) is 36.7 Å². The molecule has 0 aromatic carbocycles. The SMILES string of the molecule is CC1=CCC(C2=C(C)C(C)=CC2)=C1C.[CH3][Zr+2]([CH3])([CH3])([CH3])[C]1=CC=CC1.[CH3][Zr]([Cl])([Cl])[C]1=CC=CC1.[Cl-].[Cl-]. The molecule has 0 bridgehead atoms. The van der Waals surface area contributed by atoms with E-state index in [1.54, 1.807) is 14.4 Å². The molecule has 35 heavy (non-hydrogen) atoms. The first-order valence-corrected chi connectivity index (χ1v) is 33.2. The van der Waals surface area contributed by atoms with Gasteiger partial charge in [0.1, 0.15) is 0 Å². The van der Waals surface area contributed by atoms with Crippen LogP contribution in [0.4, 0.5) is 0 Å². The molecule has 0 aliphatic heterocycles. The van der Waals surface area contributed by atoms with Gasteiger partial charge < -0.3 is 24.8 Å². The second kappa shape index (κ2) is 14.3. The fourth-order valence-corrected chi connectivity index (χ4v) is 12.2. The molecule has 4 rings (SSSR count). The molecular formula is C29H43Cl4Zr2. The summed E-state index contributed by atoms with van der Waals surface area (Å²) in [5.74, 6) is 0. The Kier molecular flexibility index (Phi) is 14.6. The van der Waals surface area contributed by atoms with E-state index in [-0.39, 0.29) is 24.8 Å². The summed E-state index contributed by atoms with van der Waals surface area (Å²) in [7, 11) is 12.0. The van der Waals surface area contributed by atoms with Gasteiger partial charge in [0.2, 0.25) is 0 Å². The summed E-state index contributed by atoms with van der Waals surface area (Å²) in [6, 6.07) is 0. The normalized spacial score (nSPS) is 19.1. The van der Waals surface area contributed by atoms with Crippen molar-refractivity contribution in [3.63, 3.8) is 0 Å². The Morgan fingerprint density at radius 2 is 1.11 bits per heavy atom. The Bertz CT molecular complexity index is 982. The molecule has 0 amide bonds. The quantitative estimate of drug-likeness (QED) is 0.369. The monoisotopic (exact) mass is 711 g/mol. The van der Waals surface area contributed by atoms with Crippen LogP contribution in [0.15, 0.2) is 88.6 Å². The molecule has 0 saturated heterocycles. The summed E-state index contributed by atoms with van der Waals surface area (Å²) < 4.78 is 15.0. The van der Waals surface area contributed by atoms with Crippen LogP contribution in [0.3, 0.4) is 0 Å². The molecule has 0 spiro atoms. The van der Waals surface area contributed by atoms with Crippen molar-refractivity contribution in [1.29, 1.82) is 0 Å². The van der Waals surface area contributed by atoms with Crippen LogP contribution in [0.1, 0.15) is 53.4 Å². The number of allylic oxidation sites excluding steroid dienone is 16. The van der Waals surface area contributed by atoms with E-state index in [0.717, 1.165) is 19.3 Å². The van der Waals surface area contributed by atoms with Crippen LogP contribution in [0.25, 0.3) is 0 Å². The molecule has 195 valence electrons. The standard InChI is InChI=1S/C14H18.2C5H5.5CH3.4ClH.2Zr/c1-9-5-7-13(11(9)3)14-8-6-10(2)12(14)4;2*1-2-4-5-3-1;;;;;;;;;;;/h5-6H,7-8H2,1-4H3;2*1-3H,4H2;5*1H3;4*1H;;/q;;;;;;;;;;;;2*+2/p-4. The zero-order valence-corrected chi connectivity index (χ0v) is 30.9. The van der Waals surface area contributed by atoms with E-state index >= 15 is 0 Å². The van der Waals surface area contributed by atoms with Crippen molar-refractivity contribution in [3.05, 3.63) is 88.6 Å². The van der Waals surface area contributed by atoms with Crippen molar-refractivity contribution in [3.8, 4) is 0 Å². The summed E-state index contributed by atoms with van der Waals surface area (Å²) in [4.78, 5) is 0. The van der Waals surface area contributed by atoms with E-state index in [0.29, 0.717) is 0 Å². The molecule has 0 radical (unpaired) electrons. The van der Waals surface area contributed by atoms with Crippen molar-refractivity contribution in [2.24, 2.45) is 0 Å². The molecule has 0 fully saturated rings. The van der Waals surface area contributed by atoms with Crippen LogP contribution >= 0.6 is 17.0 Å². The zero-order valence-electron chi connectivity index (χ0n) is 23.0. The van der Waals surface area contributed by atoms with Crippen LogP contribution in [0, 0.1) is 0 Å². The first kappa shape index (κ1) is 35.8. The molecule has 0 aromatic rings. The second-order valence-corrected chi connectivity index (χ2v) is 49.2. The minimum absolute atomic E-state index is 0. The topological polar surface area (TPSA) is 0 Å². The molecule has 0 aromatic heterocycles. The first-order chi connectivity index (χ1) is 15.1. The van der Waals surface area contributed by atoms with Crippen molar-refractivity contribution in [1.82, 2.24) is 0 Å². The van der Waals surface area contributed by atoms with Gasteiger partial charge in [-0.25, -0.2) is 0 Å². The Labute approximate surface area is 240 Å². The van der Waals surface area contributed by atoms with Crippen molar-refractivity contribution in [2.75, 3.05) is 0 Å². The predicted molar refractivity (Wildman–Crippen MR) is 147 cm³/mol. The average Bonchev–Trinajstić information content (AvgIpc) is 3.47. The Balaban J connectivity index is 0.000000497. The third kappa shape index (κ3) is 10.9. The maximum Gasteiger partial charge on any atom is -1.00 e. The summed E-state index contributed by atoms with van der Waals surface area (Å²) in [5.41, 5.74) is 9.08. The second-order valence-electron chi connectivity index (χ2n) is 11.9. The van der Waals surface area contributed by atoms with Gasteiger partial charge >= 0.3 is 133 Å². The van der Waals surface area contributed by atoms with Gasteiger partial charge in [-0.2, -0.15) is 0 Å². The van der Waals surface area contributed by atoms with E-state index in [4.69, 9.17) is 17.0 Å². The Morgan fingerprint density at radius 3 is 1.31 bits per heavy atom. The fraction of sp³-hybridized carbons (Fsp3) is 0.448. The maximum absolute atomic E-state index is 6.01. The minimum atomic E-state index is -2.65. The predicted octanol–water partition coefficient (Wildman–Crippen LogP) is 5.38. The van der Waals surface area contributed by atoms with E-state index in [1.807, 2.05) is 10.7 Å². The van der Waals surface area contributed by atoms with E-state index in [1.165, 1.54) is 32.0 Å². The molecule has 0 N–H and O–H groups in total. The minimum Gasteiger partial charge on any atom is -1.00 e. The van der Waals surface area contributed by atoms with Gasteiger partial charge in [0.25, 0.3) is 0 Å². The summed E-state index contributed by atoms with van der Waals surface area (Å²) >= 11 is -4.85. The first-order valence-electron chi connectivity index (χ1n) is 12.2. The molecule has 0 saturated carbocycles. The molecule has 0 heterocycles. The molecular weight excluding hydrogens is 673 g/mol. The Morgan fingerprint density at radius 1 is 0.686 bits per heavy atom. The van der Waals surface area contributed by atoms with Crippen LogP contribution < -0.4 is 24.8 Å². The summed E-state index contributed by atoms with van der Waals surface area (Å²) in [6.07, 6.45) is 22.1. The summed E-state index contributed by atoms with van der Waals surface area (Å²) in [5, 5.41) is 0. The van der Waals surface area contributed by atoms with E-state index < -0.39 is 36.7 Å². The largest absolute Gasteiger partial charge is 1.00 e. The van der Waals surface area contributed by atoms with Crippen LogP contribution in [-0.4, -0.2) is 0 Å². The third-order valence-corrected chi connectivity index (χ3v) is 20.8. The van der Waals surface area contributed by atoms with Crippen molar-refractivity contribution < 1.29 is 61.5 Å². The van der Waals surface area contributed by atoms with Crippen molar-refractivity contribution in [2.45, 2.75) is 76.5 Å². The molecule has 0 atom stereocenters. The van der Waals surface area contributed by atoms with Gasteiger partial charge in [0.15, 0.2) is 0 Å². The summed E-state index contributed by atoms with van der Waals surface area (Å²) in [6.45, 7) is 8.94. The van der Waals surface area contributed by atoms with Gasteiger partial charge in [-0.1, -0.05) is 23.3 Å². The number of hydrogen-bond donors (Lipinski definition) is 0. The van der Waals surface area contributed by atoms with Gasteiger partial charge in [0.05, 0.1) is 0 Å². The molecule has 0 unspecified atom stereocenters. The Hall–Kier alpha value is 0.846. The van der Waals surface area contributed by atoms with Crippen molar-refractivity contribution >= 4 is 17.0 Å². The maximum atomic E-state index is 6.01. The molecule has 4 aliphatic carbocycles. The average molecular weight is 716 g/mol. The smallest absolute Gasteiger partial charge is 1.00 e. The van der Waals surface area contributed by atoms with Crippen LogP contribution in [0.5, 0.6) is 0 Å².